The highest BCUT2D eigenvalue weighted by Crippen LogP contribution is 2.28. The zero-order valence-electron chi connectivity index (χ0n) is 11.8. The highest BCUT2D eigenvalue weighted by Gasteiger charge is 2.22. The number of rotatable bonds is 4. The molecule has 1 aromatic heterocycles. The van der Waals surface area contributed by atoms with Gasteiger partial charge in [-0.15, -0.1) is 0 Å². The molecule has 106 valence electrons. The maximum absolute atomic E-state index is 11.0. The van der Waals surface area contributed by atoms with Crippen molar-refractivity contribution in [2.75, 3.05) is 5.32 Å². The lowest BCUT2D eigenvalue weighted by Crippen LogP contribution is -2.08. The molecular weight excluding hydrogens is 268 g/mol. The summed E-state index contributed by atoms with van der Waals surface area (Å²) >= 11 is 0. The second kappa shape index (κ2) is 6.01. The van der Waals surface area contributed by atoms with Crippen LogP contribution in [0.25, 0.3) is 0 Å². The SMILES string of the molecule is Cc1nc(NCc2ccccc2)c(C#N)c(C)c1[N+](=O)[O-]. The Bertz CT molecular complexity index is 721. The second-order valence-electron chi connectivity index (χ2n) is 4.60. The average molecular weight is 282 g/mol. The normalized spacial score (nSPS) is 9.95. The van der Waals surface area contributed by atoms with Crippen molar-refractivity contribution in [3.05, 3.63) is 62.8 Å². The smallest absolute Gasteiger partial charge is 0.294 e. The molecule has 0 atom stereocenters. The molecule has 0 unspecified atom stereocenters. The number of hydrogen-bond donors (Lipinski definition) is 1. The predicted octanol–water partition coefficient (Wildman–Crippen LogP) is 3.09. The average Bonchev–Trinajstić information content (AvgIpc) is 2.45. The van der Waals surface area contributed by atoms with Crippen molar-refractivity contribution in [1.29, 1.82) is 5.26 Å². The van der Waals surface area contributed by atoms with Gasteiger partial charge in [0.25, 0.3) is 5.69 Å². The zero-order chi connectivity index (χ0) is 15.4. The highest BCUT2D eigenvalue weighted by atomic mass is 16.6. The maximum Gasteiger partial charge on any atom is 0.294 e. The molecule has 0 radical (unpaired) electrons. The van der Waals surface area contributed by atoms with Crippen LogP contribution in [0.4, 0.5) is 11.5 Å². The third-order valence-corrected chi connectivity index (χ3v) is 3.19. The van der Waals surface area contributed by atoms with Gasteiger partial charge in [0, 0.05) is 6.54 Å². The summed E-state index contributed by atoms with van der Waals surface area (Å²) in [6.45, 7) is 3.64. The Morgan fingerprint density at radius 2 is 2.00 bits per heavy atom. The van der Waals surface area contributed by atoms with E-state index in [-0.39, 0.29) is 11.3 Å². The van der Waals surface area contributed by atoms with Crippen LogP contribution in [0.5, 0.6) is 0 Å². The van der Waals surface area contributed by atoms with Gasteiger partial charge in [-0.2, -0.15) is 5.26 Å². The molecule has 0 spiro atoms. The van der Waals surface area contributed by atoms with Crippen molar-refractivity contribution in [3.8, 4) is 6.07 Å². The van der Waals surface area contributed by atoms with Gasteiger partial charge in [-0.25, -0.2) is 4.98 Å². The van der Waals surface area contributed by atoms with E-state index in [0.717, 1.165) is 5.56 Å². The number of benzene rings is 1. The molecule has 1 N–H and O–H groups in total. The van der Waals surface area contributed by atoms with Crippen LogP contribution in [-0.4, -0.2) is 9.91 Å². The number of aromatic nitrogens is 1. The lowest BCUT2D eigenvalue weighted by molar-refractivity contribution is -0.386. The van der Waals surface area contributed by atoms with E-state index in [1.165, 1.54) is 0 Å². The minimum atomic E-state index is -0.501. The molecule has 0 aliphatic heterocycles. The summed E-state index contributed by atoms with van der Waals surface area (Å²) in [6, 6.07) is 11.6. The number of nitrogens with one attached hydrogen (secondary N) is 1. The van der Waals surface area contributed by atoms with Crippen molar-refractivity contribution >= 4 is 11.5 Å². The number of hydrogen-bond acceptors (Lipinski definition) is 5. The van der Waals surface area contributed by atoms with Crippen LogP contribution in [0.15, 0.2) is 30.3 Å². The van der Waals surface area contributed by atoms with Crippen molar-refractivity contribution < 1.29 is 4.92 Å². The Labute approximate surface area is 122 Å². The van der Waals surface area contributed by atoms with Gasteiger partial charge in [-0.1, -0.05) is 30.3 Å². The van der Waals surface area contributed by atoms with E-state index in [1.807, 2.05) is 36.4 Å². The fraction of sp³-hybridized carbons (Fsp3) is 0.200. The predicted molar refractivity (Wildman–Crippen MR) is 78.8 cm³/mol. The first-order valence-electron chi connectivity index (χ1n) is 6.38. The van der Waals surface area contributed by atoms with Crippen molar-refractivity contribution in [2.24, 2.45) is 0 Å². The Kier molecular flexibility index (Phi) is 4.14. The summed E-state index contributed by atoms with van der Waals surface area (Å²) in [5.41, 5.74) is 1.79. The van der Waals surface area contributed by atoms with Crippen LogP contribution in [0.2, 0.25) is 0 Å². The molecule has 0 aliphatic carbocycles. The summed E-state index contributed by atoms with van der Waals surface area (Å²) in [5, 5.41) is 23.4. The minimum Gasteiger partial charge on any atom is -0.365 e. The van der Waals surface area contributed by atoms with Gasteiger partial charge in [0.15, 0.2) is 0 Å². The zero-order valence-corrected chi connectivity index (χ0v) is 11.8. The van der Waals surface area contributed by atoms with Crippen LogP contribution >= 0.6 is 0 Å². The second-order valence-corrected chi connectivity index (χ2v) is 4.60. The standard InChI is InChI=1S/C15H14N4O2/c1-10-13(8-16)15(18-11(2)14(10)19(20)21)17-9-12-6-4-3-5-7-12/h3-7H,9H2,1-2H3,(H,17,18). The van der Waals surface area contributed by atoms with E-state index in [4.69, 9.17) is 0 Å². The molecule has 6 heteroatoms. The fourth-order valence-corrected chi connectivity index (χ4v) is 2.16. The number of nitriles is 1. The third-order valence-electron chi connectivity index (χ3n) is 3.19. The molecule has 0 bridgehead atoms. The molecule has 21 heavy (non-hydrogen) atoms. The number of pyridine rings is 1. The van der Waals surface area contributed by atoms with Gasteiger partial charge in [0.1, 0.15) is 23.1 Å². The number of aryl methyl sites for hydroxylation is 1. The summed E-state index contributed by atoms with van der Waals surface area (Å²) in [5.74, 6) is 0.377. The number of anilines is 1. The lowest BCUT2D eigenvalue weighted by atomic mass is 10.1. The summed E-state index contributed by atoms with van der Waals surface area (Å²) in [4.78, 5) is 14.7. The van der Waals surface area contributed by atoms with Crippen LogP contribution < -0.4 is 5.32 Å². The monoisotopic (exact) mass is 282 g/mol. The van der Waals surface area contributed by atoms with Crippen LogP contribution in [0.3, 0.4) is 0 Å². The van der Waals surface area contributed by atoms with Gasteiger partial charge in [0.2, 0.25) is 0 Å². The van der Waals surface area contributed by atoms with E-state index in [1.54, 1.807) is 13.8 Å². The molecule has 0 saturated carbocycles. The van der Waals surface area contributed by atoms with Crippen molar-refractivity contribution in [1.82, 2.24) is 4.98 Å². The summed E-state index contributed by atoms with van der Waals surface area (Å²) < 4.78 is 0. The van der Waals surface area contributed by atoms with Gasteiger partial charge in [-0.3, -0.25) is 10.1 Å². The maximum atomic E-state index is 11.0. The molecule has 1 aromatic carbocycles. The molecule has 1 heterocycles. The van der Waals surface area contributed by atoms with E-state index in [9.17, 15) is 15.4 Å². The van der Waals surface area contributed by atoms with Crippen LogP contribution in [0, 0.1) is 35.3 Å². The molecule has 0 saturated heterocycles. The topological polar surface area (TPSA) is 91.8 Å². The molecule has 6 nitrogen and oxygen atoms in total. The van der Waals surface area contributed by atoms with Gasteiger partial charge in [-0.05, 0) is 19.4 Å². The first-order valence-corrected chi connectivity index (χ1v) is 6.38. The lowest BCUT2D eigenvalue weighted by Gasteiger charge is -2.11. The molecular formula is C15H14N4O2. The first kappa shape index (κ1) is 14.5. The number of nitrogens with zero attached hydrogens (tertiary/aromatic N) is 3. The Hall–Kier alpha value is -2.94. The fourth-order valence-electron chi connectivity index (χ4n) is 2.16. The quantitative estimate of drug-likeness (QED) is 0.687. The van der Waals surface area contributed by atoms with Crippen molar-refractivity contribution in [3.63, 3.8) is 0 Å². The molecule has 0 amide bonds. The molecule has 0 aliphatic rings. The van der Waals surface area contributed by atoms with E-state index in [0.29, 0.717) is 23.6 Å². The van der Waals surface area contributed by atoms with Gasteiger partial charge in [0.05, 0.1) is 10.5 Å². The Balaban J connectivity index is 2.36. The molecule has 2 rings (SSSR count). The Morgan fingerprint density at radius 3 is 2.57 bits per heavy atom. The van der Waals surface area contributed by atoms with Gasteiger partial charge >= 0.3 is 0 Å². The summed E-state index contributed by atoms with van der Waals surface area (Å²) in [7, 11) is 0. The number of nitro groups is 1. The van der Waals surface area contributed by atoms with E-state index in [2.05, 4.69) is 10.3 Å². The Morgan fingerprint density at radius 1 is 1.33 bits per heavy atom. The summed E-state index contributed by atoms with van der Waals surface area (Å²) in [6.07, 6.45) is 0. The van der Waals surface area contributed by atoms with Crippen LogP contribution in [-0.2, 0) is 6.54 Å². The van der Waals surface area contributed by atoms with E-state index < -0.39 is 4.92 Å². The van der Waals surface area contributed by atoms with Gasteiger partial charge < -0.3 is 5.32 Å². The van der Waals surface area contributed by atoms with E-state index >= 15 is 0 Å². The molecule has 2 aromatic rings. The molecule has 0 fully saturated rings. The third kappa shape index (κ3) is 2.98. The minimum absolute atomic E-state index is 0.100. The van der Waals surface area contributed by atoms with Crippen LogP contribution in [0.1, 0.15) is 22.4 Å². The largest absolute Gasteiger partial charge is 0.365 e. The highest BCUT2D eigenvalue weighted by molar-refractivity contribution is 5.63. The van der Waals surface area contributed by atoms with Crippen molar-refractivity contribution in [2.45, 2.75) is 20.4 Å². The first-order chi connectivity index (χ1) is 10.0.